The van der Waals surface area contributed by atoms with Crippen molar-refractivity contribution in [1.29, 1.82) is 0 Å². The van der Waals surface area contributed by atoms with E-state index >= 15 is 0 Å². The van der Waals surface area contributed by atoms with Gasteiger partial charge < -0.3 is 10.4 Å². The Morgan fingerprint density at radius 2 is 2.20 bits per heavy atom. The molecule has 2 N–H and O–H groups in total. The zero-order valence-corrected chi connectivity index (χ0v) is 11.5. The summed E-state index contributed by atoms with van der Waals surface area (Å²) in [7, 11) is 0. The minimum Gasteiger partial charge on any atom is -0.478 e. The van der Waals surface area contributed by atoms with Crippen molar-refractivity contribution in [3.8, 4) is 0 Å². The number of nitrogens with zero attached hydrogens (tertiary/aromatic N) is 1. The lowest BCUT2D eigenvalue weighted by atomic mass is 10.1. The van der Waals surface area contributed by atoms with Gasteiger partial charge in [-0.15, -0.1) is 0 Å². The molecule has 0 heterocycles. The highest BCUT2D eigenvalue weighted by molar-refractivity contribution is 6.34. The van der Waals surface area contributed by atoms with Gasteiger partial charge in [-0.1, -0.05) is 24.4 Å². The summed E-state index contributed by atoms with van der Waals surface area (Å²) in [6, 6.07) is 2.19. The molecule has 1 saturated carbocycles. The van der Waals surface area contributed by atoms with Crippen LogP contribution in [0.15, 0.2) is 12.1 Å². The average molecular weight is 299 g/mol. The Hall–Kier alpha value is -1.82. The summed E-state index contributed by atoms with van der Waals surface area (Å²) in [6.45, 7) is 0.605. The van der Waals surface area contributed by atoms with E-state index in [-0.39, 0.29) is 22.0 Å². The van der Waals surface area contributed by atoms with Crippen LogP contribution in [0.3, 0.4) is 0 Å². The third-order valence-corrected chi connectivity index (χ3v) is 3.60. The second kappa shape index (κ2) is 6.09. The molecular formula is C13H15ClN2O4. The van der Waals surface area contributed by atoms with Gasteiger partial charge in [0.1, 0.15) is 0 Å². The van der Waals surface area contributed by atoms with Gasteiger partial charge in [-0.2, -0.15) is 0 Å². The van der Waals surface area contributed by atoms with Crippen molar-refractivity contribution in [2.45, 2.75) is 25.7 Å². The number of nitro groups is 1. The van der Waals surface area contributed by atoms with Crippen molar-refractivity contribution < 1.29 is 14.8 Å². The van der Waals surface area contributed by atoms with E-state index in [0.29, 0.717) is 6.54 Å². The quantitative estimate of drug-likeness (QED) is 0.456. The van der Waals surface area contributed by atoms with E-state index in [9.17, 15) is 14.9 Å². The third-order valence-electron chi connectivity index (χ3n) is 3.30. The number of carboxylic acids is 1. The number of aromatic carboxylic acids is 1. The molecule has 0 saturated heterocycles. The summed E-state index contributed by atoms with van der Waals surface area (Å²) in [4.78, 5) is 21.2. The van der Waals surface area contributed by atoms with Crippen LogP contribution < -0.4 is 5.32 Å². The number of hydrogen-bond donors (Lipinski definition) is 2. The van der Waals surface area contributed by atoms with Crippen molar-refractivity contribution >= 4 is 28.9 Å². The highest BCUT2D eigenvalue weighted by atomic mass is 35.5. The summed E-state index contributed by atoms with van der Waals surface area (Å²) in [6.07, 6.45) is 4.59. The van der Waals surface area contributed by atoms with Crippen LogP contribution in [-0.2, 0) is 0 Å². The SMILES string of the molecule is O=C(O)c1cc([N+](=O)[O-])cc(Cl)c1NCCCC1CC1. The zero-order valence-electron chi connectivity index (χ0n) is 10.8. The van der Waals surface area contributed by atoms with Gasteiger partial charge in [0.15, 0.2) is 0 Å². The predicted molar refractivity (Wildman–Crippen MR) is 75.5 cm³/mol. The lowest BCUT2D eigenvalue weighted by molar-refractivity contribution is -0.384. The highest BCUT2D eigenvalue weighted by Crippen LogP contribution is 2.34. The normalized spacial score (nSPS) is 14.1. The summed E-state index contributed by atoms with van der Waals surface area (Å²) in [5.74, 6) is -0.427. The van der Waals surface area contributed by atoms with E-state index in [1.807, 2.05) is 0 Å². The first-order chi connectivity index (χ1) is 9.49. The predicted octanol–water partition coefficient (Wildman–Crippen LogP) is 3.55. The zero-order chi connectivity index (χ0) is 14.7. The van der Waals surface area contributed by atoms with E-state index in [2.05, 4.69) is 5.32 Å². The number of carboxylic acid groups (broad SMARTS) is 1. The van der Waals surface area contributed by atoms with E-state index in [1.165, 1.54) is 12.8 Å². The fourth-order valence-corrected chi connectivity index (χ4v) is 2.34. The molecule has 0 aliphatic heterocycles. The number of carbonyl (C=O) groups is 1. The molecule has 0 bridgehead atoms. The molecule has 1 aromatic rings. The summed E-state index contributed by atoms with van der Waals surface area (Å²) >= 11 is 5.95. The lowest BCUT2D eigenvalue weighted by Crippen LogP contribution is -2.09. The van der Waals surface area contributed by atoms with Gasteiger partial charge in [0.05, 0.1) is 21.2 Å². The van der Waals surface area contributed by atoms with Crippen LogP contribution in [0.25, 0.3) is 0 Å². The maximum absolute atomic E-state index is 11.2. The van der Waals surface area contributed by atoms with Gasteiger partial charge in [0.25, 0.3) is 5.69 Å². The number of benzene rings is 1. The van der Waals surface area contributed by atoms with E-state index in [1.54, 1.807) is 0 Å². The molecule has 1 aliphatic carbocycles. The molecule has 2 rings (SSSR count). The first-order valence-electron chi connectivity index (χ1n) is 6.44. The number of non-ortho nitro benzene ring substituents is 1. The summed E-state index contributed by atoms with van der Waals surface area (Å²) < 4.78 is 0. The smallest absolute Gasteiger partial charge is 0.338 e. The maximum Gasteiger partial charge on any atom is 0.338 e. The van der Waals surface area contributed by atoms with Crippen LogP contribution in [0.2, 0.25) is 5.02 Å². The van der Waals surface area contributed by atoms with Crippen molar-refractivity contribution in [3.05, 3.63) is 32.8 Å². The number of hydrogen-bond acceptors (Lipinski definition) is 4. The molecule has 0 radical (unpaired) electrons. The van der Waals surface area contributed by atoms with Gasteiger partial charge in [-0.05, 0) is 18.8 Å². The topological polar surface area (TPSA) is 92.5 Å². The fraction of sp³-hybridized carbons (Fsp3) is 0.462. The van der Waals surface area contributed by atoms with E-state index < -0.39 is 10.9 Å². The number of anilines is 1. The Bertz CT molecular complexity index is 543. The molecule has 20 heavy (non-hydrogen) atoms. The average Bonchev–Trinajstić information content (AvgIpc) is 3.19. The molecule has 108 valence electrons. The van der Waals surface area contributed by atoms with Crippen molar-refractivity contribution in [3.63, 3.8) is 0 Å². The third kappa shape index (κ3) is 3.60. The molecule has 1 fully saturated rings. The van der Waals surface area contributed by atoms with Crippen molar-refractivity contribution in [2.24, 2.45) is 5.92 Å². The fourth-order valence-electron chi connectivity index (χ4n) is 2.06. The number of nitro benzene ring substituents is 1. The monoisotopic (exact) mass is 298 g/mol. The Kier molecular flexibility index (Phi) is 4.44. The standard InChI is InChI=1S/C13H15ClN2O4/c14-11-7-9(16(19)20)6-10(13(17)18)12(11)15-5-1-2-8-3-4-8/h6-8,15H,1-5H2,(H,17,18). The maximum atomic E-state index is 11.2. The van der Waals surface area contributed by atoms with Crippen molar-refractivity contribution in [2.75, 3.05) is 11.9 Å². The van der Waals surface area contributed by atoms with E-state index in [0.717, 1.165) is 30.9 Å². The van der Waals surface area contributed by atoms with Gasteiger partial charge in [-0.3, -0.25) is 10.1 Å². The minimum atomic E-state index is -1.24. The molecule has 7 heteroatoms. The Balaban J connectivity index is 2.12. The first-order valence-corrected chi connectivity index (χ1v) is 6.82. The molecule has 0 unspecified atom stereocenters. The lowest BCUT2D eigenvalue weighted by Gasteiger charge is -2.11. The Morgan fingerprint density at radius 1 is 1.50 bits per heavy atom. The van der Waals surface area contributed by atoms with Crippen LogP contribution in [0.4, 0.5) is 11.4 Å². The first kappa shape index (κ1) is 14.6. The van der Waals surface area contributed by atoms with E-state index in [4.69, 9.17) is 16.7 Å². The van der Waals surface area contributed by atoms with Gasteiger partial charge in [0.2, 0.25) is 0 Å². The van der Waals surface area contributed by atoms with Crippen molar-refractivity contribution in [1.82, 2.24) is 0 Å². The molecule has 0 aromatic heterocycles. The minimum absolute atomic E-state index is 0.0584. The number of rotatable bonds is 7. The molecule has 0 spiro atoms. The molecule has 0 atom stereocenters. The van der Waals surface area contributed by atoms with Gasteiger partial charge >= 0.3 is 5.97 Å². The number of nitrogens with one attached hydrogen (secondary N) is 1. The highest BCUT2D eigenvalue weighted by Gasteiger charge is 2.22. The molecular weight excluding hydrogens is 284 g/mol. The molecule has 1 aromatic carbocycles. The molecule has 1 aliphatic rings. The van der Waals surface area contributed by atoms with Crippen LogP contribution in [0, 0.1) is 16.0 Å². The molecule has 6 nitrogen and oxygen atoms in total. The molecule has 0 amide bonds. The summed E-state index contributed by atoms with van der Waals surface area (Å²) in [5.41, 5.74) is -0.243. The second-order valence-corrected chi connectivity index (χ2v) is 5.33. The van der Waals surface area contributed by atoms with Gasteiger partial charge in [0, 0.05) is 18.7 Å². The largest absolute Gasteiger partial charge is 0.478 e. The van der Waals surface area contributed by atoms with Crippen LogP contribution in [0.5, 0.6) is 0 Å². The van der Waals surface area contributed by atoms with Crippen LogP contribution in [-0.4, -0.2) is 22.5 Å². The Labute approximate surface area is 120 Å². The van der Waals surface area contributed by atoms with Crippen LogP contribution in [0.1, 0.15) is 36.0 Å². The van der Waals surface area contributed by atoms with Gasteiger partial charge in [-0.25, -0.2) is 4.79 Å². The summed E-state index contributed by atoms with van der Waals surface area (Å²) in [5, 5.41) is 22.9. The van der Waals surface area contributed by atoms with Crippen LogP contribution >= 0.6 is 11.6 Å². The number of halogens is 1. The second-order valence-electron chi connectivity index (χ2n) is 4.92. The Morgan fingerprint density at radius 3 is 2.75 bits per heavy atom.